The SMILES string of the molecule is N#CC1CN(c2ncccn2)C1. The zero-order valence-corrected chi connectivity index (χ0v) is 6.51. The molecule has 0 saturated carbocycles. The maximum absolute atomic E-state index is 8.53. The Balaban J connectivity index is 2.03. The molecule has 12 heavy (non-hydrogen) atoms. The van der Waals surface area contributed by atoms with Crippen molar-refractivity contribution in [3.8, 4) is 6.07 Å². The average molecular weight is 160 g/mol. The van der Waals surface area contributed by atoms with Crippen LogP contribution in [0.2, 0.25) is 0 Å². The van der Waals surface area contributed by atoms with Gasteiger partial charge in [0.15, 0.2) is 0 Å². The van der Waals surface area contributed by atoms with Crippen LogP contribution in [-0.4, -0.2) is 23.1 Å². The van der Waals surface area contributed by atoms with Crippen molar-refractivity contribution in [2.75, 3.05) is 18.0 Å². The Bertz CT molecular complexity index is 297. The molecule has 1 fully saturated rings. The van der Waals surface area contributed by atoms with Crippen LogP contribution in [0, 0.1) is 17.2 Å². The van der Waals surface area contributed by atoms with Crippen LogP contribution in [0.4, 0.5) is 5.95 Å². The average Bonchev–Trinajstić information content (AvgIpc) is 2.04. The molecule has 0 radical (unpaired) electrons. The Morgan fingerprint density at radius 1 is 1.42 bits per heavy atom. The molecular formula is C8H8N4. The molecule has 0 bridgehead atoms. The van der Waals surface area contributed by atoms with Crippen molar-refractivity contribution in [1.29, 1.82) is 5.26 Å². The fourth-order valence-corrected chi connectivity index (χ4v) is 1.18. The minimum Gasteiger partial charge on any atom is -0.338 e. The van der Waals surface area contributed by atoms with Gasteiger partial charge in [-0.3, -0.25) is 0 Å². The summed E-state index contributed by atoms with van der Waals surface area (Å²) in [6.07, 6.45) is 3.42. The van der Waals surface area contributed by atoms with E-state index in [1.54, 1.807) is 18.5 Å². The largest absolute Gasteiger partial charge is 0.338 e. The van der Waals surface area contributed by atoms with Gasteiger partial charge < -0.3 is 4.90 Å². The number of nitrogens with zero attached hydrogens (tertiary/aromatic N) is 4. The third kappa shape index (κ3) is 1.10. The van der Waals surface area contributed by atoms with Gasteiger partial charge in [0.05, 0.1) is 12.0 Å². The van der Waals surface area contributed by atoms with Crippen molar-refractivity contribution < 1.29 is 0 Å². The summed E-state index contributed by atoms with van der Waals surface area (Å²) >= 11 is 0. The molecule has 1 aliphatic heterocycles. The fourth-order valence-electron chi connectivity index (χ4n) is 1.18. The van der Waals surface area contributed by atoms with Crippen LogP contribution < -0.4 is 4.90 Å². The minimum atomic E-state index is 0.161. The molecule has 0 aliphatic carbocycles. The molecule has 2 rings (SSSR count). The summed E-state index contributed by atoms with van der Waals surface area (Å²) in [6, 6.07) is 3.99. The summed E-state index contributed by atoms with van der Waals surface area (Å²) in [4.78, 5) is 10.1. The van der Waals surface area contributed by atoms with Crippen molar-refractivity contribution in [1.82, 2.24) is 9.97 Å². The molecule has 4 heteroatoms. The minimum absolute atomic E-state index is 0.161. The van der Waals surface area contributed by atoms with Gasteiger partial charge in [0.1, 0.15) is 0 Å². The highest BCUT2D eigenvalue weighted by Gasteiger charge is 2.27. The molecule has 1 aromatic rings. The Labute approximate surface area is 70.5 Å². The first-order chi connectivity index (χ1) is 5.90. The van der Waals surface area contributed by atoms with Crippen LogP contribution >= 0.6 is 0 Å². The second-order valence-electron chi connectivity index (χ2n) is 2.78. The van der Waals surface area contributed by atoms with Crippen LogP contribution in [-0.2, 0) is 0 Å². The van der Waals surface area contributed by atoms with Crippen LogP contribution in [0.15, 0.2) is 18.5 Å². The lowest BCUT2D eigenvalue weighted by Crippen LogP contribution is -2.46. The molecule has 1 aliphatic rings. The van der Waals surface area contributed by atoms with Crippen molar-refractivity contribution in [2.24, 2.45) is 5.92 Å². The standard InChI is InChI=1S/C8H8N4/c9-4-7-5-12(6-7)8-10-2-1-3-11-8/h1-3,7H,5-6H2. The number of aromatic nitrogens is 2. The lowest BCUT2D eigenvalue weighted by Gasteiger charge is -2.34. The predicted octanol–water partition coefficient (Wildman–Crippen LogP) is 0.436. The summed E-state index contributed by atoms with van der Waals surface area (Å²) in [5.41, 5.74) is 0. The van der Waals surface area contributed by atoms with E-state index in [4.69, 9.17) is 5.26 Å². The molecule has 0 N–H and O–H groups in total. The fraction of sp³-hybridized carbons (Fsp3) is 0.375. The monoisotopic (exact) mass is 160 g/mol. The first-order valence-corrected chi connectivity index (χ1v) is 3.82. The van der Waals surface area contributed by atoms with E-state index >= 15 is 0 Å². The third-order valence-electron chi connectivity index (χ3n) is 1.90. The summed E-state index contributed by atoms with van der Waals surface area (Å²) in [5.74, 6) is 0.887. The smallest absolute Gasteiger partial charge is 0.225 e. The van der Waals surface area contributed by atoms with Gasteiger partial charge in [-0.05, 0) is 6.07 Å². The van der Waals surface area contributed by atoms with E-state index in [1.165, 1.54) is 0 Å². The maximum atomic E-state index is 8.53. The van der Waals surface area contributed by atoms with Gasteiger partial charge in [-0.2, -0.15) is 5.26 Å². The van der Waals surface area contributed by atoms with Crippen LogP contribution in [0.1, 0.15) is 0 Å². The van der Waals surface area contributed by atoms with Crippen molar-refractivity contribution in [3.63, 3.8) is 0 Å². The molecule has 1 saturated heterocycles. The summed E-state index contributed by atoms with van der Waals surface area (Å²) < 4.78 is 0. The molecule has 0 unspecified atom stereocenters. The Morgan fingerprint density at radius 3 is 2.67 bits per heavy atom. The molecule has 60 valence electrons. The van der Waals surface area contributed by atoms with E-state index in [-0.39, 0.29) is 5.92 Å². The molecule has 0 atom stereocenters. The van der Waals surface area contributed by atoms with Crippen molar-refractivity contribution in [3.05, 3.63) is 18.5 Å². The predicted molar refractivity (Wildman–Crippen MR) is 43.3 cm³/mol. The number of anilines is 1. The van der Waals surface area contributed by atoms with E-state index < -0.39 is 0 Å². The zero-order valence-electron chi connectivity index (χ0n) is 6.51. The topological polar surface area (TPSA) is 52.8 Å². The van der Waals surface area contributed by atoms with E-state index in [0.29, 0.717) is 0 Å². The van der Waals surface area contributed by atoms with E-state index in [1.807, 2.05) is 4.90 Å². The molecule has 0 spiro atoms. The van der Waals surface area contributed by atoms with Gasteiger partial charge in [0, 0.05) is 25.5 Å². The van der Waals surface area contributed by atoms with Crippen molar-refractivity contribution in [2.45, 2.75) is 0 Å². The van der Waals surface area contributed by atoms with E-state index in [0.717, 1.165) is 19.0 Å². The Morgan fingerprint density at radius 2 is 2.08 bits per heavy atom. The maximum Gasteiger partial charge on any atom is 0.225 e. The van der Waals surface area contributed by atoms with E-state index in [2.05, 4.69) is 16.0 Å². The Kier molecular flexibility index (Phi) is 1.63. The molecular weight excluding hydrogens is 152 g/mol. The zero-order chi connectivity index (χ0) is 8.39. The summed E-state index contributed by atoms with van der Waals surface area (Å²) in [5, 5.41) is 8.53. The normalized spacial score (nSPS) is 16.8. The molecule has 0 aromatic carbocycles. The number of hydrogen-bond donors (Lipinski definition) is 0. The number of nitriles is 1. The van der Waals surface area contributed by atoms with Gasteiger partial charge >= 0.3 is 0 Å². The first kappa shape index (κ1) is 7.04. The number of hydrogen-bond acceptors (Lipinski definition) is 4. The van der Waals surface area contributed by atoms with Gasteiger partial charge in [0.25, 0.3) is 0 Å². The van der Waals surface area contributed by atoms with Crippen LogP contribution in [0.25, 0.3) is 0 Å². The quantitative estimate of drug-likeness (QED) is 0.598. The van der Waals surface area contributed by atoms with Gasteiger partial charge in [-0.15, -0.1) is 0 Å². The second-order valence-corrected chi connectivity index (χ2v) is 2.78. The second kappa shape index (κ2) is 2.78. The Hall–Kier alpha value is -1.63. The lowest BCUT2D eigenvalue weighted by atomic mass is 10.0. The van der Waals surface area contributed by atoms with E-state index in [9.17, 15) is 0 Å². The van der Waals surface area contributed by atoms with Crippen LogP contribution in [0.3, 0.4) is 0 Å². The van der Waals surface area contributed by atoms with Gasteiger partial charge in [-0.25, -0.2) is 9.97 Å². The van der Waals surface area contributed by atoms with Gasteiger partial charge in [-0.1, -0.05) is 0 Å². The first-order valence-electron chi connectivity index (χ1n) is 3.82. The summed E-state index contributed by atoms with van der Waals surface area (Å²) in [6.45, 7) is 1.53. The highest BCUT2D eigenvalue weighted by Crippen LogP contribution is 2.18. The highest BCUT2D eigenvalue weighted by molar-refractivity contribution is 5.34. The third-order valence-corrected chi connectivity index (χ3v) is 1.90. The summed E-state index contributed by atoms with van der Waals surface area (Å²) in [7, 11) is 0. The molecule has 2 heterocycles. The molecule has 0 amide bonds. The van der Waals surface area contributed by atoms with Crippen molar-refractivity contribution >= 4 is 5.95 Å². The highest BCUT2D eigenvalue weighted by atomic mass is 15.3. The molecule has 4 nitrogen and oxygen atoms in total. The van der Waals surface area contributed by atoms with Gasteiger partial charge in [0.2, 0.25) is 5.95 Å². The van der Waals surface area contributed by atoms with Crippen LogP contribution in [0.5, 0.6) is 0 Å². The number of rotatable bonds is 1. The molecule has 1 aromatic heterocycles. The lowest BCUT2D eigenvalue weighted by molar-refractivity contribution is 0.494.